The molecule has 4 heteroatoms. The molecular weight excluding hydrogens is 230 g/mol. The number of aliphatic hydroxyl groups excluding tert-OH is 1. The summed E-state index contributed by atoms with van der Waals surface area (Å²) in [7, 11) is 0. The quantitative estimate of drug-likeness (QED) is 0.873. The van der Waals surface area contributed by atoms with Gasteiger partial charge in [0.2, 0.25) is 0 Å². The maximum Gasteiger partial charge on any atom is 0.257 e. The summed E-state index contributed by atoms with van der Waals surface area (Å²) in [5.41, 5.74) is 0. The van der Waals surface area contributed by atoms with Gasteiger partial charge in [0.15, 0.2) is 5.75 Å². The minimum Gasteiger partial charge on any atom is -0.488 e. The third-order valence-electron chi connectivity index (χ3n) is 3.37. The van der Waals surface area contributed by atoms with Gasteiger partial charge in [0, 0.05) is 12.8 Å². The van der Waals surface area contributed by atoms with Crippen LogP contribution >= 0.6 is 0 Å². The Morgan fingerprint density at radius 3 is 2.78 bits per heavy atom. The zero-order chi connectivity index (χ0) is 12.8. The van der Waals surface area contributed by atoms with Crippen molar-refractivity contribution in [3.05, 3.63) is 18.3 Å². The van der Waals surface area contributed by atoms with E-state index in [1.165, 1.54) is 0 Å². The van der Waals surface area contributed by atoms with Gasteiger partial charge in [0.25, 0.3) is 5.88 Å². The number of aliphatic hydroxyl groups is 1. The molecule has 1 fully saturated rings. The second kappa shape index (κ2) is 6.59. The summed E-state index contributed by atoms with van der Waals surface area (Å²) < 4.78 is 11.4. The van der Waals surface area contributed by atoms with Crippen LogP contribution in [-0.4, -0.2) is 29.4 Å². The fourth-order valence-electron chi connectivity index (χ4n) is 2.32. The average Bonchev–Trinajstić information content (AvgIpc) is 2.42. The minimum absolute atomic E-state index is 0.196. The summed E-state index contributed by atoms with van der Waals surface area (Å²) in [5.74, 6) is 1.75. The van der Waals surface area contributed by atoms with E-state index < -0.39 is 0 Å². The Labute approximate surface area is 108 Å². The fraction of sp³-hybridized carbons (Fsp3) is 0.643. The molecule has 1 aliphatic rings. The van der Waals surface area contributed by atoms with Gasteiger partial charge >= 0.3 is 0 Å². The summed E-state index contributed by atoms with van der Waals surface area (Å²) in [6.45, 7) is 2.85. The number of aromatic nitrogens is 1. The third-order valence-corrected chi connectivity index (χ3v) is 3.37. The molecule has 2 rings (SSSR count). The third kappa shape index (κ3) is 3.35. The van der Waals surface area contributed by atoms with Crippen LogP contribution in [0.3, 0.4) is 0 Å². The van der Waals surface area contributed by atoms with Gasteiger partial charge in [-0.05, 0) is 50.7 Å². The smallest absolute Gasteiger partial charge is 0.257 e. The normalized spacial score (nSPS) is 23.7. The Morgan fingerprint density at radius 2 is 2.11 bits per heavy atom. The van der Waals surface area contributed by atoms with Crippen molar-refractivity contribution >= 4 is 0 Å². The van der Waals surface area contributed by atoms with Gasteiger partial charge in [-0.25, -0.2) is 4.98 Å². The molecule has 0 radical (unpaired) electrons. The monoisotopic (exact) mass is 251 g/mol. The van der Waals surface area contributed by atoms with Gasteiger partial charge in [-0.3, -0.25) is 0 Å². The van der Waals surface area contributed by atoms with Crippen molar-refractivity contribution in [2.75, 3.05) is 13.2 Å². The lowest BCUT2D eigenvalue weighted by Crippen LogP contribution is -2.26. The number of hydrogen-bond donors (Lipinski definition) is 1. The molecule has 0 saturated heterocycles. The summed E-state index contributed by atoms with van der Waals surface area (Å²) in [4.78, 5) is 4.23. The number of ether oxygens (including phenoxy) is 2. The van der Waals surface area contributed by atoms with Gasteiger partial charge in [-0.1, -0.05) is 0 Å². The summed E-state index contributed by atoms with van der Waals surface area (Å²) in [6, 6.07) is 3.73. The molecule has 0 spiro atoms. The van der Waals surface area contributed by atoms with Crippen molar-refractivity contribution in [2.24, 2.45) is 5.92 Å². The van der Waals surface area contributed by atoms with E-state index in [1.54, 1.807) is 6.20 Å². The first-order valence-electron chi connectivity index (χ1n) is 6.68. The number of nitrogens with zero attached hydrogens (tertiary/aromatic N) is 1. The first kappa shape index (κ1) is 13.1. The van der Waals surface area contributed by atoms with E-state index in [9.17, 15) is 0 Å². The Bertz CT molecular complexity index is 362. The minimum atomic E-state index is 0.196. The zero-order valence-corrected chi connectivity index (χ0v) is 10.8. The van der Waals surface area contributed by atoms with Gasteiger partial charge in [0.1, 0.15) is 6.10 Å². The Hall–Kier alpha value is -1.29. The lowest BCUT2D eigenvalue weighted by molar-refractivity contribution is 0.0970. The molecule has 0 unspecified atom stereocenters. The molecule has 0 amide bonds. The van der Waals surface area contributed by atoms with Crippen LogP contribution in [0.1, 0.15) is 32.6 Å². The molecule has 0 bridgehead atoms. The summed E-state index contributed by atoms with van der Waals surface area (Å²) >= 11 is 0. The lowest BCUT2D eigenvalue weighted by atomic mass is 9.88. The van der Waals surface area contributed by atoms with E-state index in [4.69, 9.17) is 14.6 Å². The van der Waals surface area contributed by atoms with Gasteiger partial charge < -0.3 is 14.6 Å². The Balaban J connectivity index is 1.93. The molecule has 1 N–H and O–H groups in total. The van der Waals surface area contributed by atoms with Crippen molar-refractivity contribution in [1.29, 1.82) is 0 Å². The van der Waals surface area contributed by atoms with E-state index in [0.29, 0.717) is 30.8 Å². The van der Waals surface area contributed by atoms with Crippen LogP contribution in [-0.2, 0) is 0 Å². The molecule has 100 valence electrons. The van der Waals surface area contributed by atoms with Crippen LogP contribution in [0.4, 0.5) is 0 Å². The molecule has 0 aliphatic heterocycles. The Morgan fingerprint density at radius 1 is 1.33 bits per heavy atom. The second-order valence-electron chi connectivity index (χ2n) is 4.68. The van der Waals surface area contributed by atoms with E-state index in [1.807, 2.05) is 19.1 Å². The largest absolute Gasteiger partial charge is 0.488 e. The number of hydrogen-bond acceptors (Lipinski definition) is 4. The highest BCUT2D eigenvalue weighted by molar-refractivity contribution is 5.32. The molecule has 1 heterocycles. The number of rotatable bonds is 5. The van der Waals surface area contributed by atoms with Gasteiger partial charge in [-0.15, -0.1) is 0 Å². The lowest BCUT2D eigenvalue weighted by Gasteiger charge is -2.27. The zero-order valence-electron chi connectivity index (χ0n) is 10.8. The molecular formula is C14H21NO3. The van der Waals surface area contributed by atoms with Crippen LogP contribution in [0, 0.1) is 5.92 Å². The van der Waals surface area contributed by atoms with Crippen molar-refractivity contribution < 1.29 is 14.6 Å². The fourth-order valence-corrected chi connectivity index (χ4v) is 2.32. The topological polar surface area (TPSA) is 51.6 Å². The van der Waals surface area contributed by atoms with Crippen LogP contribution in [0.15, 0.2) is 18.3 Å². The summed E-state index contributed by atoms with van der Waals surface area (Å²) in [6.07, 6.45) is 5.93. The molecule has 1 aromatic heterocycles. The highest BCUT2D eigenvalue weighted by Gasteiger charge is 2.23. The molecule has 1 saturated carbocycles. The first-order valence-corrected chi connectivity index (χ1v) is 6.68. The Kier molecular flexibility index (Phi) is 4.81. The molecule has 1 aliphatic carbocycles. The molecule has 0 atom stereocenters. The maximum absolute atomic E-state index is 9.11. The number of pyridine rings is 1. The molecule has 1 aromatic rings. The first-order chi connectivity index (χ1) is 8.83. The van der Waals surface area contributed by atoms with E-state index >= 15 is 0 Å². The SMILES string of the molecule is CCOc1cccnc1OC1CCC(CO)CC1. The van der Waals surface area contributed by atoms with Crippen molar-refractivity contribution in [3.8, 4) is 11.6 Å². The highest BCUT2D eigenvalue weighted by atomic mass is 16.5. The predicted molar refractivity (Wildman–Crippen MR) is 68.9 cm³/mol. The van der Waals surface area contributed by atoms with Crippen molar-refractivity contribution in [2.45, 2.75) is 38.7 Å². The van der Waals surface area contributed by atoms with Crippen molar-refractivity contribution in [3.63, 3.8) is 0 Å². The maximum atomic E-state index is 9.11. The van der Waals surface area contributed by atoms with Crippen LogP contribution < -0.4 is 9.47 Å². The molecule has 18 heavy (non-hydrogen) atoms. The van der Waals surface area contributed by atoms with Crippen LogP contribution in [0.25, 0.3) is 0 Å². The van der Waals surface area contributed by atoms with Crippen molar-refractivity contribution in [1.82, 2.24) is 4.98 Å². The van der Waals surface area contributed by atoms with Gasteiger partial charge in [-0.2, -0.15) is 0 Å². The van der Waals surface area contributed by atoms with Crippen LogP contribution in [0.5, 0.6) is 11.6 Å². The van der Waals surface area contributed by atoms with E-state index in [0.717, 1.165) is 25.7 Å². The average molecular weight is 251 g/mol. The van der Waals surface area contributed by atoms with Crippen LogP contribution in [0.2, 0.25) is 0 Å². The van der Waals surface area contributed by atoms with E-state index in [2.05, 4.69) is 4.98 Å². The standard InChI is InChI=1S/C14H21NO3/c1-2-17-13-4-3-9-15-14(13)18-12-7-5-11(10-16)6-8-12/h3-4,9,11-12,16H,2,5-8,10H2,1H3. The highest BCUT2D eigenvalue weighted by Crippen LogP contribution is 2.30. The van der Waals surface area contributed by atoms with Gasteiger partial charge in [0.05, 0.1) is 6.61 Å². The van der Waals surface area contributed by atoms with E-state index in [-0.39, 0.29) is 6.10 Å². The second-order valence-corrected chi connectivity index (χ2v) is 4.68. The molecule has 0 aromatic carbocycles. The summed E-state index contributed by atoms with van der Waals surface area (Å²) in [5, 5.41) is 9.11. The molecule has 4 nitrogen and oxygen atoms in total. The predicted octanol–water partition coefficient (Wildman–Crippen LogP) is 2.41.